The molecule has 1 aromatic rings. The van der Waals surface area contributed by atoms with Crippen LogP contribution in [0.3, 0.4) is 0 Å². The summed E-state index contributed by atoms with van der Waals surface area (Å²) in [5, 5.41) is 0. The Balaban J connectivity index is 2.15. The number of hydrogen-bond acceptors (Lipinski definition) is 2. The Labute approximate surface area is 131 Å². The molecule has 6 heteroatoms. The minimum atomic E-state index is -3.45. The van der Waals surface area contributed by atoms with E-state index in [-0.39, 0.29) is 10.3 Å². The molecule has 1 aliphatic rings. The highest BCUT2D eigenvalue weighted by atomic mass is 79.9. The molecule has 0 atom stereocenters. The zero-order valence-corrected chi connectivity index (χ0v) is 14.9. The first kappa shape index (κ1) is 15.5. The van der Waals surface area contributed by atoms with E-state index in [4.69, 9.17) is 0 Å². The highest BCUT2D eigenvalue weighted by Gasteiger charge is 2.45. The van der Waals surface area contributed by atoms with Gasteiger partial charge in [-0.2, -0.15) is 0 Å². The average molecular weight is 411 g/mol. The summed E-state index contributed by atoms with van der Waals surface area (Å²) >= 11 is 6.62. The van der Waals surface area contributed by atoms with E-state index in [1.54, 1.807) is 18.2 Å². The van der Waals surface area contributed by atoms with Crippen LogP contribution >= 0.6 is 31.9 Å². The van der Waals surface area contributed by atoms with Crippen LogP contribution in [-0.2, 0) is 10.0 Å². The van der Waals surface area contributed by atoms with Crippen molar-refractivity contribution in [1.82, 2.24) is 4.72 Å². The van der Waals surface area contributed by atoms with Crippen LogP contribution in [0.1, 0.15) is 26.7 Å². The number of halogens is 2. The lowest BCUT2D eigenvalue weighted by Crippen LogP contribution is -2.32. The van der Waals surface area contributed by atoms with Crippen molar-refractivity contribution in [2.45, 2.75) is 31.6 Å². The van der Waals surface area contributed by atoms with Gasteiger partial charge >= 0.3 is 0 Å². The van der Waals surface area contributed by atoms with Crippen molar-refractivity contribution in [2.24, 2.45) is 11.3 Å². The van der Waals surface area contributed by atoms with Gasteiger partial charge in [0, 0.05) is 15.5 Å². The Morgan fingerprint density at radius 3 is 2.42 bits per heavy atom. The van der Waals surface area contributed by atoms with Crippen LogP contribution in [0, 0.1) is 11.3 Å². The van der Waals surface area contributed by atoms with Crippen molar-refractivity contribution in [3.63, 3.8) is 0 Å². The average Bonchev–Trinajstić information content (AvgIpc) is 3.07. The summed E-state index contributed by atoms with van der Waals surface area (Å²) in [5.41, 5.74) is 0.162. The summed E-state index contributed by atoms with van der Waals surface area (Å²) in [6, 6.07) is 5.07. The third-order valence-electron chi connectivity index (χ3n) is 3.91. The first-order valence-electron chi connectivity index (χ1n) is 6.22. The van der Waals surface area contributed by atoms with Crippen molar-refractivity contribution >= 4 is 41.9 Å². The summed E-state index contributed by atoms with van der Waals surface area (Å²) in [6.07, 6.45) is 2.21. The van der Waals surface area contributed by atoms with Crippen LogP contribution in [0.4, 0.5) is 0 Å². The van der Waals surface area contributed by atoms with Crippen LogP contribution in [0.5, 0.6) is 0 Å². The molecule has 0 saturated heterocycles. The third kappa shape index (κ3) is 3.40. The van der Waals surface area contributed by atoms with Gasteiger partial charge in [-0.05, 0) is 58.3 Å². The maximum Gasteiger partial charge on any atom is 0.241 e. The highest BCUT2D eigenvalue weighted by molar-refractivity contribution is 9.11. The third-order valence-corrected chi connectivity index (χ3v) is 6.79. The fourth-order valence-corrected chi connectivity index (χ4v) is 5.01. The normalized spacial score (nSPS) is 17.7. The van der Waals surface area contributed by atoms with Gasteiger partial charge in [0.05, 0.1) is 4.90 Å². The standard InChI is InChI=1S/C13H17Br2NO2S/c1-9(2)13(5-6-13)8-16-19(17,18)12-4-3-10(14)7-11(12)15/h3-4,7,9,16H,5-6,8H2,1-2H3. The Kier molecular flexibility index (Phi) is 4.45. The topological polar surface area (TPSA) is 46.2 Å². The lowest BCUT2D eigenvalue weighted by molar-refractivity contribution is 0.357. The quantitative estimate of drug-likeness (QED) is 0.799. The van der Waals surface area contributed by atoms with E-state index < -0.39 is 10.0 Å². The van der Waals surface area contributed by atoms with Crippen LogP contribution in [0.25, 0.3) is 0 Å². The molecule has 1 fully saturated rings. The predicted octanol–water partition coefficient (Wildman–Crippen LogP) is 3.93. The molecular formula is C13H17Br2NO2S. The van der Waals surface area contributed by atoms with Gasteiger partial charge in [0.15, 0.2) is 0 Å². The zero-order valence-electron chi connectivity index (χ0n) is 10.9. The Morgan fingerprint density at radius 1 is 1.32 bits per heavy atom. The second-order valence-corrected chi connectivity index (χ2v) is 8.92. The first-order chi connectivity index (χ1) is 8.77. The van der Waals surface area contributed by atoms with Gasteiger partial charge in [0.25, 0.3) is 0 Å². The van der Waals surface area contributed by atoms with Crippen molar-refractivity contribution in [2.75, 3.05) is 6.54 Å². The molecule has 1 aliphatic carbocycles. The van der Waals surface area contributed by atoms with E-state index in [2.05, 4.69) is 50.4 Å². The molecule has 0 heterocycles. The number of nitrogens with one attached hydrogen (secondary N) is 1. The highest BCUT2D eigenvalue weighted by Crippen LogP contribution is 2.51. The van der Waals surface area contributed by atoms with Gasteiger partial charge in [-0.25, -0.2) is 13.1 Å². The summed E-state index contributed by atoms with van der Waals surface area (Å²) in [6.45, 7) is 4.82. The summed E-state index contributed by atoms with van der Waals surface area (Å²) in [7, 11) is -3.45. The Morgan fingerprint density at radius 2 is 1.95 bits per heavy atom. The van der Waals surface area contributed by atoms with Gasteiger partial charge in [-0.15, -0.1) is 0 Å². The van der Waals surface area contributed by atoms with Crippen molar-refractivity contribution in [3.8, 4) is 0 Å². The minimum absolute atomic E-state index is 0.162. The van der Waals surface area contributed by atoms with Crippen LogP contribution in [0.15, 0.2) is 32.0 Å². The van der Waals surface area contributed by atoms with Crippen LogP contribution in [-0.4, -0.2) is 15.0 Å². The Bertz CT molecular complexity index is 580. The number of rotatable bonds is 5. The summed E-state index contributed by atoms with van der Waals surface area (Å²) in [5.74, 6) is 0.503. The van der Waals surface area contributed by atoms with E-state index >= 15 is 0 Å². The molecule has 0 radical (unpaired) electrons. The first-order valence-corrected chi connectivity index (χ1v) is 9.28. The predicted molar refractivity (Wildman–Crippen MR) is 83.5 cm³/mol. The minimum Gasteiger partial charge on any atom is -0.211 e. The summed E-state index contributed by atoms with van der Waals surface area (Å²) < 4.78 is 28.8. The molecule has 106 valence electrons. The number of benzene rings is 1. The number of hydrogen-bond donors (Lipinski definition) is 1. The molecule has 0 aromatic heterocycles. The van der Waals surface area contributed by atoms with Gasteiger partial charge in [0.2, 0.25) is 10.0 Å². The molecule has 1 saturated carbocycles. The molecular weight excluding hydrogens is 394 g/mol. The van der Waals surface area contributed by atoms with Crippen molar-refractivity contribution < 1.29 is 8.42 Å². The van der Waals surface area contributed by atoms with E-state index in [1.165, 1.54) is 0 Å². The number of sulfonamides is 1. The monoisotopic (exact) mass is 409 g/mol. The molecule has 19 heavy (non-hydrogen) atoms. The SMILES string of the molecule is CC(C)C1(CNS(=O)(=O)c2ccc(Br)cc2Br)CC1. The second-order valence-electron chi connectivity index (χ2n) is 5.42. The fourth-order valence-electron chi connectivity index (χ4n) is 2.13. The molecule has 1 N–H and O–H groups in total. The second kappa shape index (κ2) is 5.47. The molecule has 0 unspecified atom stereocenters. The van der Waals surface area contributed by atoms with E-state index in [0.717, 1.165) is 17.3 Å². The van der Waals surface area contributed by atoms with Crippen LogP contribution < -0.4 is 4.72 Å². The van der Waals surface area contributed by atoms with Gasteiger partial charge in [-0.1, -0.05) is 29.8 Å². The van der Waals surface area contributed by atoms with E-state index in [0.29, 0.717) is 16.9 Å². The fraction of sp³-hybridized carbons (Fsp3) is 0.538. The largest absolute Gasteiger partial charge is 0.241 e. The van der Waals surface area contributed by atoms with Gasteiger partial charge in [0.1, 0.15) is 0 Å². The van der Waals surface area contributed by atoms with Crippen LogP contribution in [0.2, 0.25) is 0 Å². The zero-order chi connectivity index (χ0) is 14.3. The van der Waals surface area contributed by atoms with Crippen molar-refractivity contribution in [1.29, 1.82) is 0 Å². The maximum absolute atomic E-state index is 12.3. The Hall–Kier alpha value is 0.0900. The molecule has 0 bridgehead atoms. The molecule has 0 aliphatic heterocycles. The summed E-state index contributed by atoms with van der Waals surface area (Å²) in [4.78, 5) is 0.287. The van der Waals surface area contributed by atoms with Crippen molar-refractivity contribution in [3.05, 3.63) is 27.1 Å². The van der Waals surface area contributed by atoms with Gasteiger partial charge < -0.3 is 0 Å². The molecule has 0 spiro atoms. The lowest BCUT2D eigenvalue weighted by Gasteiger charge is -2.20. The molecule has 2 rings (SSSR count). The smallest absolute Gasteiger partial charge is 0.211 e. The maximum atomic E-state index is 12.3. The van der Waals surface area contributed by atoms with E-state index in [9.17, 15) is 8.42 Å². The molecule has 3 nitrogen and oxygen atoms in total. The molecule has 1 aromatic carbocycles. The van der Waals surface area contributed by atoms with E-state index in [1.807, 2.05) is 0 Å². The lowest BCUT2D eigenvalue weighted by atomic mass is 9.93. The van der Waals surface area contributed by atoms with Gasteiger partial charge in [-0.3, -0.25) is 0 Å². The molecule has 0 amide bonds.